The second-order valence-electron chi connectivity index (χ2n) is 10.7. The van der Waals surface area contributed by atoms with Crippen LogP contribution in [0.1, 0.15) is 131 Å². The molecule has 1 amide bonds. The highest BCUT2D eigenvalue weighted by molar-refractivity contribution is 5.69. The Balaban J connectivity index is 2.05. The van der Waals surface area contributed by atoms with E-state index in [0.717, 1.165) is 19.3 Å². The first-order chi connectivity index (χ1) is 14.7. The minimum absolute atomic E-state index is 0.119. The van der Waals surface area contributed by atoms with Crippen molar-refractivity contribution < 1.29 is 19.4 Å². The van der Waals surface area contributed by atoms with Crippen molar-refractivity contribution in [3.63, 3.8) is 0 Å². The van der Waals surface area contributed by atoms with Gasteiger partial charge in [0, 0.05) is 6.61 Å². The van der Waals surface area contributed by atoms with Crippen LogP contribution in [-0.4, -0.2) is 46.7 Å². The smallest absolute Gasteiger partial charge is 0.412 e. The van der Waals surface area contributed by atoms with E-state index >= 15 is 0 Å². The third kappa shape index (κ3) is 12.7. The molecule has 5 heteroatoms. The standard InChI is InChI=1S/C26H51NO4/c1-25(2,3)31-24(29)27-23(22-30-26(27,4)5)20-18-16-14-12-10-8-6-7-9-11-13-15-17-19-21-28/h23,28H,6-22H2,1-5H3/t23-/m0/s1. The predicted molar refractivity (Wildman–Crippen MR) is 128 cm³/mol. The van der Waals surface area contributed by atoms with Gasteiger partial charge in [-0.1, -0.05) is 83.5 Å². The van der Waals surface area contributed by atoms with E-state index in [9.17, 15) is 4.79 Å². The maximum atomic E-state index is 12.7. The lowest BCUT2D eigenvalue weighted by Gasteiger charge is -2.35. The Morgan fingerprint density at radius 3 is 1.71 bits per heavy atom. The molecule has 1 aliphatic heterocycles. The first-order valence-electron chi connectivity index (χ1n) is 12.9. The summed E-state index contributed by atoms with van der Waals surface area (Å²) in [6.45, 7) is 10.6. The normalized spacial score (nSPS) is 18.5. The van der Waals surface area contributed by atoms with E-state index in [1.54, 1.807) is 0 Å². The fourth-order valence-electron chi connectivity index (χ4n) is 4.39. The van der Waals surface area contributed by atoms with Gasteiger partial charge in [0.2, 0.25) is 0 Å². The van der Waals surface area contributed by atoms with Gasteiger partial charge < -0.3 is 14.6 Å². The number of nitrogens with zero attached hydrogens (tertiary/aromatic N) is 1. The fourth-order valence-corrected chi connectivity index (χ4v) is 4.39. The van der Waals surface area contributed by atoms with Crippen LogP contribution in [0.15, 0.2) is 0 Å². The average molecular weight is 442 g/mol. The van der Waals surface area contributed by atoms with Gasteiger partial charge in [-0.25, -0.2) is 4.79 Å². The molecular formula is C26H51NO4. The molecule has 1 rings (SSSR count). The Labute approximate surface area is 192 Å². The lowest BCUT2D eigenvalue weighted by molar-refractivity contribution is -0.0627. The van der Waals surface area contributed by atoms with Crippen molar-refractivity contribution in [2.45, 2.75) is 148 Å². The second kappa shape index (κ2) is 15.1. The van der Waals surface area contributed by atoms with Crippen LogP contribution in [0.4, 0.5) is 4.79 Å². The zero-order valence-corrected chi connectivity index (χ0v) is 21.2. The monoisotopic (exact) mass is 441 g/mol. The molecule has 0 aromatic heterocycles. The van der Waals surface area contributed by atoms with E-state index in [1.807, 2.05) is 39.5 Å². The Kier molecular flexibility index (Phi) is 13.8. The van der Waals surface area contributed by atoms with E-state index in [-0.39, 0.29) is 12.1 Å². The van der Waals surface area contributed by atoms with Crippen LogP contribution in [0, 0.1) is 0 Å². The fraction of sp³-hybridized carbons (Fsp3) is 0.962. The minimum atomic E-state index is -0.591. The van der Waals surface area contributed by atoms with Gasteiger partial charge >= 0.3 is 6.09 Å². The van der Waals surface area contributed by atoms with Crippen molar-refractivity contribution in [3.8, 4) is 0 Å². The summed E-state index contributed by atoms with van der Waals surface area (Å²) >= 11 is 0. The number of unbranched alkanes of at least 4 members (excludes halogenated alkanes) is 13. The molecule has 0 saturated carbocycles. The van der Waals surface area contributed by atoms with Crippen molar-refractivity contribution in [1.29, 1.82) is 0 Å². The molecule has 31 heavy (non-hydrogen) atoms. The number of aliphatic hydroxyl groups is 1. The molecule has 0 radical (unpaired) electrons. The van der Waals surface area contributed by atoms with Gasteiger partial charge in [-0.15, -0.1) is 0 Å². The van der Waals surface area contributed by atoms with Crippen LogP contribution in [0.2, 0.25) is 0 Å². The van der Waals surface area contributed by atoms with E-state index in [2.05, 4.69) is 0 Å². The molecule has 0 unspecified atom stereocenters. The summed E-state index contributed by atoms with van der Waals surface area (Å²) in [5, 5.41) is 8.77. The first kappa shape index (κ1) is 28.2. The SMILES string of the molecule is CC(C)(C)OC(=O)N1[C@@H](CCCCCCCCCCCCCCCCO)COC1(C)C. The summed E-state index contributed by atoms with van der Waals surface area (Å²) in [4.78, 5) is 14.5. The van der Waals surface area contributed by atoms with Crippen LogP contribution >= 0.6 is 0 Å². The molecule has 0 aliphatic carbocycles. The topological polar surface area (TPSA) is 59.0 Å². The van der Waals surface area contributed by atoms with Gasteiger partial charge in [0.15, 0.2) is 0 Å². The van der Waals surface area contributed by atoms with E-state index in [0.29, 0.717) is 13.2 Å². The highest BCUT2D eigenvalue weighted by Crippen LogP contribution is 2.31. The lowest BCUT2D eigenvalue weighted by atomic mass is 10.0. The van der Waals surface area contributed by atoms with Gasteiger partial charge in [-0.2, -0.15) is 0 Å². The molecule has 1 N–H and O–H groups in total. The number of ether oxygens (including phenoxy) is 2. The maximum Gasteiger partial charge on any atom is 0.412 e. The summed E-state index contributed by atoms with van der Waals surface area (Å²) < 4.78 is 11.5. The van der Waals surface area contributed by atoms with Crippen molar-refractivity contribution in [2.24, 2.45) is 0 Å². The summed E-state index contributed by atoms with van der Waals surface area (Å²) in [5.74, 6) is 0. The molecule has 0 bridgehead atoms. The van der Waals surface area contributed by atoms with E-state index in [4.69, 9.17) is 14.6 Å². The lowest BCUT2D eigenvalue weighted by Crippen LogP contribution is -2.49. The van der Waals surface area contributed by atoms with Gasteiger partial charge in [0.05, 0.1) is 12.6 Å². The zero-order valence-electron chi connectivity index (χ0n) is 21.2. The number of carbonyl (C=O) groups is 1. The minimum Gasteiger partial charge on any atom is -0.444 e. The number of hydrogen-bond acceptors (Lipinski definition) is 4. The summed E-state index contributed by atoms with van der Waals surface area (Å²) in [6.07, 6.45) is 18.6. The molecule has 5 nitrogen and oxygen atoms in total. The van der Waals surface area contributed by atoms with Crippen molar-refractivity contribution in [2.75, 3.05) is 13.2 Å². The highest BCUT2D eigenvalue weighted by Gasteiger charge is 2.45. The quantitative estimate of drug-likeness (QED) is 0.257. The van der Waals surface area contributed by atoms with Gasteiger partial charge in [0.25, 0.3) is 0 Å². The van der Waals surface area contributed by atoms with Crippen LogP contribution in [0.5, 0.6) is 0 Å². The van der Waals surface area contributed by atoms with Crippen molar-refractivity contribution in [1.82, 2.24) is 4.90 Å². The van der Waals surface area contributed by atoms with Crippen LogP contribution < -0.4 is 0 Å². The number of hydrogen-bond donors (Lipinski definition) is 1. The third-order valence-electron chi connectivity index (χ3n) is 6.11. The first-order valence-corrected chi connectivity index (χ1v) is 12.9. The largest absolute Gasteiger partial charge is 0.444 e. The molecule has 0 spiro atoms. The van der Waals surface area contributed by atoms with Gasteiger partial charge in [-0.3, -0.25) is 4.90 Å². The van der Waals surface area contributed by atoms with Gasteiger partial charge in [0.1, 0.15) is 11.3 Å². The maximum absolute atomic E-state index is 12.7. The number of carbonyl (C=O) groups excluding carboxylic acids is 1. The Bertz CT molecular complexity index is 473. The Morgan fingerprint density at radius 2 is 1.29 bits per heavy atom. The summed E-state index contributed by atoms with van der Waals surface area (Å²) in [5.41, 5.74) is -1.08. The third-order valence-corrected chi connectivity index (χ3v) is 6.11. The summed E-state index contributed by atoms with van der Waals surface area (Å²) in [6, 6.07) is 0.119. The number of aliphatic hydroxyl groups excluding tert-OH is 1. The molecule has 1 heterocycles. The van der Waals surface area contributed by atoms with Crippen LogP contribution in [0.25, 0.3) is 0 Å². The molecular weight excluding hydrogens is 390 g/mol. The Hall–Kier alpha value is -0.810. The van der Waals surface area contributed by atoms with Gasteiger partial charge in [-0.05, 0) is 47.5 Å². The molecule has 1 saturated heterocycles. The number of rotatable bonds is 16. The molecule has 0 aromatic carbocycles. The molecule has 0 aromatic rings. The van der Waals surface area contributed by atoms with Crippen molar-refractivity contribution >= 4 is 6.09 Å². The number of amides is 1. The van der Waals surface area contributed by atoms with Crippen LogP contribution in [0.3, 0.4) is 0 Å². The highest BCUT2D eigenvalue weighted by atomic mass is 16.6. The Morgan fingerprint density at radius 1 is 0.871 bits per heavy atom. The predicted octanol–water partition coefficient (Wildman–Crippen LogP) is 7.20. The van der Waals surface area contributed by atoms with E-state index < -0.39 is 11.3 Å². The molecule has 184 valence electrons. The molecule has 1 aliphatic rings. The van der Waals surface area contributed by atoms with Crippen molar-refractivity contribution in [3.05, 3.63) is 0 Å². The van der Waals surface area contributed by atoms with E-state index in [1.165, 1.54) is 77.0 Å². The molecule has 1 fully saturated rings. The van der Waals surface area contributed by atoms with Crippen LogP contribution in [-0.2, 0) is 9.47 Å². The second-order valence-corrected chi connectivity index (χ2v) is 10.7. The summed E-state index contributed by atoms with van der Waals surface area (Å²) in [7, 11) is 0. The molecule has 1 atom stereocenters. The average Bonchev–Trinajstić information content (AvgIpc) is 2.98. The zero-order chi connectivity index (χ0) is 23.2.